The Labute approximate surface area is 106 Å². The van der Waals surface area contributed by atoms with Gasteiger partial charge >= 0.3 is 0 Å². The van der Waals surface area contributed by atoms with Gasteiger partial charge in [-0.3, -0.25) is 0 Å². The van der Waals surface area contributed by atoms with E-state index in [2.05, 4.69) is 43.5 Å². The van der Waals surface area contributed by atoms with Crippen LogP contribution in [0.5, 0.6) is 0 Å². The number of benzene rings is 1. The van der Waals surface area contributed by atoms with E-state index in [0.717, 1.165) is 12.8 Å². The molecule has 0 radical (unpaired) electrons. The van der Waals surface area contributed by atoms with Crippen molar-refractivity contribution in [2.24, 2.45) is 5.92 Å². The van der Waals surface area contributed by atoms with Crippen LogP contribution in [0.2, 0.25) is 0 Å². The molecule has 86 valence electrons. The van der Waals surface area contributed by atoms with E-state index >= 15 is 0 Å². The summed E-state index contributed by atoms with van der Waals surface area (Å²) in [7, 11) is 0. The Kier molecular flexibility index (Phi) is 3.88. The van der Waals surface area contributed by atoms with Crippen molar-refractivity contribution in [1.82, 2.24) is 0 Å². The molecule has 0 aliphatic rings. The van der Waals surface area contributed by atoms with E-state index in [1.807, 2.05) is 11.3 Å². The maximum atomic E-state index is 6.29. The first-order valence-electron chi connectivity index (χ1n) is 5.77. The minimum Gasteiger partial charge on any atom is -0.144 e. The minimum absolute atomic E-state index is 0.287. The number of halogens is 1. The Morgan fingerprint density at radius 1 is 1.25 bits per heavy atom. The molecule has 16 heavy (non-hydrogen) atoms. The fourth-order valence-electron chi connectivity index (χ4n) is 1.88. The molecule has 0 nitrogen and oxygen atoms in total. The lowest BCUT2D eigenvalue weighted by Gasteiger charge is -2.13. The molecule has 1 aromatic carbocycles. The van der Waals surface area contributed by atoms with Crippen LogP contribution in [0.3, 0.4) is 0 Å². The van der Waals surface area contributed by atoms with Crippen LogP contribution in [-0.2, 0) is 6.42 Å². The smallest absolute Gasteiger partial charge is 0.0374 e. The van der Waals surface area contributed by atoms with Gasteiger partial charge in [0.15, 0.2) is 0 Å². The topological polar surface area (TPSA) is 0 Å². The highest BCUT2D eigenvalue weighted by molar-refractivity contribution is 7.17. The van der Waals surface area contributed by atoms with E-state index in [1.54, 1.807) is 0 Å². The van der Waals surface area contributed by atoms with Gasteiger partial charge in [0.1, 0.15) is 0 Å². The molecule has 1 heterocycles. The fraction of sp³-hybridized carbons (Fsp3) is 0.429. The molecular formula is C14H17ClS. The molecule has 0 aliphatic carbocycles. The molecule has 0 bridgehead atoms. The Balaban J connectivity index is 2.12. The standard InChI is InChI=1S/C14H17ClS/c1-10(2)13(15)7-6-11-4-3-5-12-8-9-16-14(11)12/h3-5,8-10,13H,6-7H2,1-2H3. The first-order chi connectivity index (χ1) is 7.68. The van der Waals surface area contributed by atoms with Crippen molar-refractivity contribution in [3.63, 3.8) is 0 Å². The summed E-state index contributed by atoms with van der Waals surface area (Å²) < 4.78 is 1.43. The van der Waals surface area contributed by atoms with Crippen molar-refractivity contribution in [3.05, 3.63) is 35.2 Å². The number of fused-ring (bicyclic) bond motifs is 1. The third-order valence-corrected chi connectivity index (χ3v) is 4.70. The average Bonchev–Trinajstić information content (AvgIpc) is 2.73. The Hall–Kier alpha value is -0.530. The van der Waals surface area contributed by atoms with Crippen LogP contribution < -0.4 is 0 Å². The van der Waals surface area contributed by atoms with E-state index in [4.69, 9.17) is 11.6 Å². The maximum Gasteiger partial charge on any atom is 0.0374 e. The van der Waals surface area contributed by atoms with Crippen molar-refractivity contribution in [3.8, 4) is 0 Å². The number of thiophene rings is 1. The number of alkyl halides is 1. The van der Waals surface area contributed by atoms with Gasteiger partial charge in [-0.25, -0.2) is 0 Å². The summed E-state index contributed by atoms with van der Waals surface area (Å²) in [6.45, 7) is 4.37. The van der Waals surface area contributed by atoms with Gasteiger partial charge < -0.3 is 0 Å². The summed E-state index contributed by atoms with van der Waals surface area (Å²) in [5.41, 5.74) is 1.44. The lowest BCUT2D eigenvalue weighted by Crippen LogP contribution is -2.08. The van der Waals surface area contributed by atoms with Crippen molar-refractivity contribution in [2.75, 3.05) is 0 Å². The molecule has 0 fully saturated rings. The predicted octanol–water partition coefficient (Wildman–Crippen LogP) is 5.10. The van der Waals surface area contributed by atoms with Gasteiger partial charge in [0.25, 0.3) is 0 Å². The van der Waals surface area contributed by atoms with E-state index in [9.17, 15) is 0 Å². The highest BCUT2D eigenvalue weighted by Crippen LogP contribution is 2.27. The zero-order valence-electron chi connectivity index (χ0n) is 9.74. The second-order valence-corrected chi connectivity index (χ2v) is 6.03. The average molecular weight is 253 g/mol. The Morgan fingerprint density at radius 2 is 2.06 bits per heavy atom. The molecule has 1 aromatic heterocycles. The first kappa shape index (κ1) is 11.9. The van der Waals surface area contributed by atoms with Gasteiger partial charge in [-0.15, -0.1) is 22.9 Å². The lowest BCUT2D eigenvalue weighted by atomic mass is 10.0. The van der Waals surface area contributed by atoms with E-state index < -0.39 is 0 Å². The molecule has 2 aromatic rings. The van der Waals surface area contributed by atoms with Crippen molar-refractivity contribution in [1.29, 1.82) is 0 Å². The van der Waals surface area contributed by atoms with Crippen LogP contribution >= 0.6 is 22.9 Å². The summed E-state index contributed by atoms with van der Waals surface area (Å²) in [5, 5.41) is 3.81. The van der Waals surface area contributed by atoms with Crippen molar-refractivity contribution >= 4 is 33.0 Å². The molecule has 0 N–H and O–H groups in total. The summed E-state index contributed by atoms with van der Waals surface area (Å²) in [4.78, 5) is 0. The van der Waals surface area contributed by atoms with Gasteiger partial charge in [-0.05, 0) is 41.2 Å². The molecule has 0 saturated carbocycles. The number of aryl methyl sites for hydroxylation is 1. The molecule has 0 aliphatic heterocycles. The predicted molar refractivity (Wildman–Crippen MR) is 74.6 cm³/mol. The Bertz CT molecular complexity index is 458. The Morgan fingerprint density at radius 3 is 2.81 bits per heavy atom. The monoisotopic (exact) mass is 252 g/mol. The molecule has 2 rings (SSSR count). The summed E-state index contributed by atoms with van der Waals surface area (Å²) in [5.74, 6) is 0.559. The van der Waals surface area contributed by atoms with E-state index in [-0.39, 0.29) is 5.38 Å². The summed E-state index contributed by atoms with van der Waals surface area (Å²) in [6.07, 6.45) is 2.15. The number of hydrogen-bond acceptors (Lipinski definition) is 1. The highest BCUT2D eigenvalue weighted by Gasteiger charge is 2.10. The zero-order valence-corrected chi connectivity index (χ0v) is 11.3. The maximum absolute atomic E-state index is 6.29. The van der Waals surface area contributed by atoms with Crippen LogP contribution in [0.25, 0.3) is 10.1 Å². The molecule has 1 unspecified atom stereocenters. The van der Waals surface area contributed by atoms with Gasteiger partial charge in [0, 0.05) is 10.1 Å². The first-order valence-corrected chi connectivity index (χ1v) is 7.09. The third-order valence-electron chi connectivity index (χ3n) is 2.97. The van der Waals surface area contributed by atoms with Crippen molar-refractivity contribution < 1.29 is 0 Å². The van der Waals surface area contributed by atoms with Crippen LogP contribution in [-0.4, -0.2) is 5.38 Å². The van der Waals surface area contributed by atoms with Gasteiger partial charge in [-0.1, -0.05) is 32.0 Å². The highest BCUT2D eigenvalue weighted by atomic mass is 35.5. The molecular weight excluding hydrogens is 236 g/mol. The minimum atomic E-state index is 0.287. The fourth-order valence-corrected chi connectivity index (χ4v) is 2.93. The quantitative estimate of drug-likeness (QED) is 0.665. The van der Waals surface area contributed by atoms with Gasteiger partial charge in [-0.2, -0.15) is 0 Å². The van der Waals surface area contributed by atoms with Crippen LogP contribution in [0.4, 0.5) is 0 Å². The zero-order chi connectivity index (χ0) is 11.5. The SMILES string of the molecule is CC(C)C(Cl)CCc1cccc2ccsc12. The summed E-state index contributed by atoms with van der Waals surface area (Å²) >= 11 is 8.13. The van der Waals surface area contributed by atoms with E-state index in [0.29, 0.717) is 5.92 Å². The van der Waals surface area contributed by atoms with Gasteiger partial charge in [0.05, 0.1) is 0 Å². The number of rotatable bonds is 4. The normalized spacial score (nSPS) is 13.5. The molecule has 0 spiro atoms. The largest absolute Gasteiger partial charge is 0.144 e. The number of hydrogen-bond donors (Lipinski definition) is 0. The van der Waals surface area contributed by atoms with Crippen LogP contribution in [0.1, 0.15) is 25.8 Å². The molecule has 1 atom stereocenters. The second kappa shape index (κ2) is 5.20. The summed E-state index contributed by atoms with van der Waals surface area (Å²) in [6, 6.07) is 8.73. The molecule has 2 heteroatoms. The van der Waals surface area contributed by atoms with Crippen molar-refractivity contribution in [2.45, 2.75) is 32.1 Å². The van der Waals surface area contributed by atoms with Crippen LogP contribution in [0.15, 0.2) is 29.6 Å². The second-order valence-electron chi connectivity index (χ2n) is 4.55. The molecule has 0 saturated heterocycles. The molecule has 0 amide bonds. The lowest BCUT2D eigenvalue weighted by molar-refractivity contribution is 0.566. The van der Waals surface area contributed by atoms with Crippen LogP contribution in [0, 0.1) is 5.92 Å². The third kappa shape index (κ3) is 2.58. The van der Waals surface area contributed by atoms with Gasteiger partial charge in [0.2, 0.25) is 0 Å². The van der Waals surface area contributed by atoms with E-state index in [1.165, 1.54) is 15.6 Å².